The van der Waals surface area contributed by atoms with Gasteiger partial charge in [-0.15, -0.1) is 10.2 Å². The molecule has 1 atom stereocenters. The molecule has 0 spiro atoms. The maximum absolute atomic E-state index is 5.52. The normalized spacial score (nSPS) is 22.6. The van der Waals surface area contributed by atoms with Crippen LogP contribution in [-0.2, 0) is 19.4 Å². The molecule has 112 valence electrons. The average Bonchev–Trinajstić information content (AvgIpc) is 3.18. The predicted molar refractivity (Wildman–Crippen MR) is 76.6 cm³/mol. The zero-order chi connectivity index (χ0) is 14.2. The lowest BCUT2D eigenvalue weighted by atomic mass is 10.0. The first-order valence-electron chi connectivity index (χ1n) is 7.90. The highest BCUT2D eigenvalue weighted by atomic mass is 16.4. The molecular formula is C15H21N5O. The number of nitrogens with one attached hydrogen (secondary N) is 1. The zero-order valence-electron chi connectivity index (χ0n) is 12.4. The van der Waals surface area contributed by atoms with Crippen molar-refractivity contribution in [2.75, 3.05) is 6.54 Å². The molecule has 1 fully saturated rings. The maximum Gasteiger partial charge on any atom is 0.230 e. The topological polar surface area (TPSA) is 70.8 Å². The third kappa shape index (κ3) is 2.48. The lowest BCUT2D eigenvalue weighted by molar-refractivity contribution is 0.215. The van der Waals surface area contributed by atoms with Crippen molar-refractivity contribution in [3.63, 3.8) is 0 Å². The highest BCUT2D eigenvalue weighted by molar-refractivity contribution is 5.19. The maximum atomic E-state index is 5.52. The second kappa shape index (κ2) is 5.26. The van der Waals surface area contributed by atoms with Gasteiger partial charge in [0, 0.05) is 12.6 Å². The van der Waals surface area contributed by atoms with E-state index in [0.717, 1.165) is 38.2 Å². The summed E-state index contributed by atoms with van der Waals surface area (Å²) in [6.07, 6.45) is 7.18. The molecule has 1 saturated heterocycles. The molecule has 0 bridgehead atoms. The highest BCUT2D eigenvalue weighted by Crippen LogP contribution is 2.33. The number of hydrogen-bond acceptors (Lipinski definition) is 5. The summed E-state index contributed by atoms with van der Waals surface area (Å²) in [6.45, 7) is 3.62. The van der Waals surface area contributed by atoms with Crippen LogP contribution >= 0.6 is 0 Å². The van der Waals surface area contributed by atoms with Crippen LogP contribution in [0, 0.1) is 6.92 Å². The Morgan fingerprint density at radius 2 is 2.14 bits per heavy atom. The van der Waals surface area contributed by atoms with E-state index in [9.17, 15) is 0 Å². The van der Waals surface area contributed by atoms with E-state index in [1.807, 2.05) is 6.92 Å². The van der Waals surface area contributed by atoms with Crippen LogP contribution in [0.3, 0.4) is 0 Å². The van der Waals surface area contributed by atoms with E-state index in [0.29, 0.717) is 17.8 Å². The van der Waals surface area contributed by atoms with E-state index in [1.54, 1.807) is 0 Å². The first kappa shape index (κ1) is 13.0. The summed E-state index contributed by atoms with van der Waals surface area (Å²) in [5.74, 6) is 2.47. The number of likely N-dealkylation sites (tertiary alicyclic amines) is 1. The minimum atomic E-state index is 0.364. The van der Waals surface area contributed by atoms with Crippen LogP contribution in [0.15, 0.2) is 4.42 Å². The van der Waals surface area contributed by atoms with E-state index in [2.05, 4.69) is 20.1 Å². The standard InChI is InChI=1S/C15H21N5O/c1-10-18-19-14(21-10)9-20-8-4-7-13(20)15-16-11-5-2-3-6-12(11)17-15/h13H,2-9H2,1H3,(H,16,17)/t13-/m1/s1. The molecule has 0 saturated carbocycles. The third-order valence-electron chi connectivity index (χ3n) is 4.56. The summed E-state index contributed by atoms with van der Waals surface area (Å²) in [4.78, 5) is 10.8. The summed E-state index contributed by atoms with van der Waals surface area (Å²) in [6, 6.07) is 0.364. The molecule has 1 aliphatic heterocycles. The van der Waals surface area contributed by atoms with Gasteiger partial charge in [-0.3, -0.25) is 4.90 Å². The third-order valence-corrected chi connectivity index (χ3v) is 4.56. The molecule has 0 aromatic carbocycles. The van der Waals surface area contributed by atoms with Gasteiger partial charge >= 0.3 is 0 Å². The molecule has 6 nitrogen and oxygen atoms in total. The molecule has 2 aromatic heterocycles. The van der Waals surface area contributed by atoms with Crippen molar-refractivity contribution in [2.45, 2.75) is 58.0 Å². The number of imidazole rings is 1. The number of aromatic amines is 1. The molecule has 0 radical (unpaired) electrons. The van der Waals surface area contributed by atoms with Gasteiger partial charge in [0.25, 0.3) is 0 Å². The average molecular weight is 287 g/mol. The fourth-order valence-electron chi connectivity index (χ4n) is 3.53. The van der Waals surface area contributed by atoms with Crippen molar-refractivity contribution in [3.05, 3.63) is 29.0 Å². The molecule has 3 heterocycles. The Bertz CT molecular complexity index is 608. The largest absolute Gasteiger partial charge is 0.424 e. The number of H-pyrrole nitrogens is 1. The van der Waals surface area contributed by atoms with Gasteiger partial charge in [-0.05, 0) is 45.1 Å². The van der Waals surface area contributed by atoms with Gasteiger partial charge in [-0.2, -0.15) is 0 Å². The van der Waals surface area contributed by atoms with E-state index in [1.165, 1.54) is 30.7 Å². The smallest absolute Gasteiger partial charge is 0.230 e. The Labute approximate surface area is 124 Å². The number of rotatable bonds is 3. The van der Waals surface area contributed by atoms with Gasteiger partial charge in [-0.25, -0.2) is 4.98 Å². The van der Waals surface area contributed by atoms with Gasteiger partial charge in [0.05, 0.1) is 18.3 Å². The molecule has 1 aliphatic carbocycles. The van der Waals surface area contributed by atoms with Crippen molar-refractivity contribution in [1.82, 2.24) is 25.1 Å². The van der Waals surface area contributed by atoms with Crippen molar-refractivity contribution < 1.29 is 4.42 Å². The molecule has 1 N–H and O–H groups in total. The minimum absolute atomic E-state index is 0.364. The molecule has 21 heavy (non-hydrogen) atoms. The second-order valence-corrected chi connectivity index (χ2v) is 6.10. The van der Waals surface area contributed by atoms with Crippen molar-refractivity contribution in [2.24, 2.45) is 0 Å². The zero-order valence-corrected chi connectivity index (χ0v) is 12.4. The van der Waals surface area contributed by atoms with Crippen LogP contribution in [0.2, 0.25) is 0 Å². The summed E-state index contributed by atoms with van der Waals surface area (Å²) < 4.78 is 5.52. The van der Waals surface area contributed by atoms with Crippen LogP contribution in [-0.4, -0.2) is 31.6 Å². The first-order chi connectivity index (χ1) is 10.3. The van der Waals surface area contributed by atoms with Crippen molar-refractivity contribution in [3.8, 4) is 0 Å². The Kier molecular flexibility index (Phi) is 3.25. The van der Waals surface area contributed by atoms with E-state index in [-0.39, 0.29) is 0 Å². The number of aromatic nitrogens is 4. The SMILES string of the molecule is Cc1nnc(CN2CCC[C@@H]2c2nc3c([nH]2)CCCC3)o1. The van der Waals surface area contributed by atoms with Gasteiger partial charge < -0.3 is 9.40 Å². The Morgan fingerprint density at radius 3 is 2.95 bits per heavy atom. The molecule has 0 unspecified atom stereocenters. The Balaban J connectivity index is 1.54. The molecule has 4 rings (SSSR count). The number of nitrogens with zero attached hydrogens (tertiary/aromatic N) is 4. The predicted octanol–water partition coefficient (Wildman–Crippen LogP) is 2.32. The van der Waals surface area contributed by atoms with Crippen molar-refractivity contribution in [1.29, 1.82) is 0 Å². The highest BCUT2D eigenvalue weighted by Gasteiger charge is 2.30. The van der Waals surface area contributed by atoms with E-state index in [4.69, 9.17) is 9.40 Å². The summed E-state index contributed by atoms with van der Waals surface area (Å²) >= 11 is 0. The van der Waals surface area contributed by atoms with Crippen LogP contribution in [0.4, 0.5) is 0 Å². The molecule has 0 amide bonds. The molecule has 2 aliphatic rings. The Morgan fingerprint density at radius 1 is 1.24 bits per heavy atom. The quantitative estimate of drug-likeness (QED) is 0.938. The fourth-order valence-corrected chi connectivity index (χ4v) is 3.53. The molecule has 2 aromatic rings. The number of fused-ring (bicyclic) bond motifs is 1. The van der Waals surface area contributed by atoms with Crippen LogP contribution < -0.4 is 0 Å². The van der Waals surface area contributed by atoms with E-state index >= 15 is 0 Å². The second-order valence-electron chi connectivity index (χ2n) is 6.10. The molecular weight excluding hydrogens is 266 g/mol. The van der Waals surface area contributed by atoms with Crippen molar-refractivity contribution >= 4 is 0 Å². The summed E-state index contributed by atoms with van der Waals surface area (Å²) in [5.41, 5.74) is 2.65. The first-order valence-corrected chi connectivity index (χ1v) is 7.90. The lowest BCUT2D eigenvalue weighted by Crippen LogP contribution is -2.23. The van der Waals surface area contributed by atoms with Gasteiger partial charge in [0.15, 0.2) is 0 Å². The van der Waals surface area contributed by atoms with Crippen LogP contribution in [0.25, 0.3) is 0 Å². The Hall–Kier alpha value is -1.69. The fraction of sp³-hybridized carbons (Fsp3) is 0.667. The van der Waals surface area contributed by atoms with Gasteiger partial charge in [0.1, 0.15) is 5.82 Å². The summed E-state index contributed by atoms with van der Waals surface area (Å²) in [7, 11) is 0. The number of hydrogen-bond donors (Lipinski definition) is 1. The van der Waals surface area contributed by atoms with E-state index < -0.39 is 0 Å². The van der Waals surface area contributed by atoms with Gasteiger partial charge in [-0.1, -0.05) is 0 Å². The monoisotopic (exact) mass is 287 g/mol. The van der Waals surface area contributed by atoms with Crippen LogP contribution in [0.5, 0.6) is 0 Å². The van der Waals surface area contributed by atoms with Gasteiger partial charge in [0.2, 0.25) is 11.8 Å². The van der Waals surface area contributed by atoms with Crippen LogP contribution in [0.1, 0.15) is 60.7 Å². The summed E-state index contributed by atoms with van der Waals surface area (Å²) in [5, 5.41) is 8.03. The lowest BCUT2D eigenvalue weighted by Gasteiger charge is -2.20. The molecule has 6 heteroatoms. The minimum Gasteiger partial charge on any atom is -0.424 e. The number of aryl methyl sites for hydroxylation is 3.